The molecule has 1 unspecified atom stereocenters. The number of carbonyl (C=O) groups excluding carboxylic acids is 2. The molecular weight excluding hydrogens is 216 g/mol. The fraction of sp³-hybridized carbons (Fsp3) is 0.800. The van der Waals surface area contributed by atoms with Crippen molar-refractivity contribution in [2.24, 2.45) is 5.92 Å². The lowest BCUT2D eigenvalue weighted by Gasteiger charge is -2.20. The van der Waals surface area contributed by atoms with Gasteiger partial charge in [-0.1, -0.05) is 6.92 Å². The largest absolute Gasteiger partial charge is 0.350 e. The van der Waals surface area contributed by atoms with E-state index in [-0.39, 0.29) is 35.7 Å². The van der Waals surface area contributed by atoms with Crippen LogP contribution in [0.25, 0.3) is 0 Å². The zero-order valence-electron chi connectivity index (χ0n) is 9.69. The van der Waals surface area contributed by atoms with Crippen LogP contribution in [0.4, 0.5) is 0 Å². The van der Waals surface area contributed by atoms with Gasteiger partial charge in [-0.3, -0.25) is 9.59 Å². The molecule has 0 aromatic heterocycles. The number of nitrogens with one attached hydrogen (secondary N) is 2. The van der Waals surface area contributed by atoms with Gasteiger partial charge in [0.1, 0.15) is 0 Å². The predicted molar refractivity (Wildman–Crippen MR) is 60.8 cm³/mol. The summed E-state index contributed by atoms with van der Waals surface area (Å²) in [4.78, 5) is 22.6. The van der Waals surface area contributed by atoms with Gasteiger partial charge < -0.3 is 10.6 Å². The van der Waals surface area contributed by atoms with Crippen LogP contribution in [0.1, 0.15) is 27.7 Å². The van der Waals surface area contributed by atoms with Crippen LogP contribution in [0.15, 0.2) is 0 Å². The molecule has 0 aromatic carbocycles. The van der Waals surface area contributed by atoms with Gasteiger partial charge in [-0.05, 0) is 20.8 Å². The minimum atomic E-state index is -0.278. The standard InChI is InChI=1S/C10H19ClN2O2/c1-7(5-11)9(15)12-6-8(14)13-10(2,3)4/h7H,5-6H2,1-4H3,(H,12,15)(H,13,14). The third-order valence-electron chi connectivity index (χ3n) is 1.62. The smallest absolute Gasteiger partial charge is 0.239 e. The summed E-state index contributed by atoms with van der Waals surface area (Å²) in [5, 5.41) is 5.27. The van der Waals surface area contributed by atoms with Crippen molar-refractivity contribution in [3.8, 4) is 0 Å². The molecule has 15 heavy (non-hydrogen) atoms. The summed E-state index contributed by atoms with van der Waals surface area (Å²) in [7, 11) is 0. The Kier molecular flexibility index (Phi) is 5.65. The average molecular weight is 235 g/mol. The normalized spacial score (nSPS) is 13.1. The molecular formula is C10H19ClN2O2. The highest BCUT2D eigenvalue weighted by Gasteiger charge is 2.16. The Bertz CT molecular complexity index is 236. The summed E-state index contributed by atoms with van der Waals surface area (Å²) in [6.45, 7) is 7.36. The predicted octanol–water partition coefficient (Wildman–Crippen LogP) is 0.892. The molecule has 0 heterocycles. The topological polar surface area (TPSA) is 58.2 Å². The van der Waals surface area contributed by atoms with E-state index >= 15 is 0 Å². The second kappa shape index (κ2) is 5.95. The van der Waals surface area contributed by atoms with Crippen molar-refractivity contribution in [2.45, 2.75) is 33.2 Å². The molecule has 2 N–H and O–H groups in total. The third-order valence-corrected chi connectivity index (χ3v) is 2.08. The number of carbonyl (C=O) groups is 2. The van der Waals surface area contributed by atoms with Crippen molar-refractivity contribution in [3.05, 3.63) is 0 Å². The molecule has 4 nitrogen and oxygen atoms in total. The Morgan fingerprint density at radius 2 is 1.87 bits per heavy atom. The molecule has 0 rings (SSSR count). The first-order valence-corrected chi connectivity index (χ1v) is 5.44. The molecule has 88 valence electrons. The van der Waals surface area contributed by atoms with Crippen molar-refractivity contribution >= 4 is 23.4 Å². The van der Waals surface area contributed by atoms with Gasteiger partial charge in [0.15, 0.2) is 0 Å². The van der Waals surface area contributed by atoms with E-state index in [0.717, 1.165) is 0 Å². The molecule has 0 aliphatic heterocycles. The number of hydrogen-bond donors (Lipinski definition) is 2. The van der Waals surface area contributed by atoms with Crippen molar-refractivity contribution in [1.82, 2.24) is 10.6 Å². The second-order valence-electron chi connectivity index (χ2n) is 4.57. The van der Waals surface area contributed by atoms with Gasteiger partial charge in [-0.15, -0.1) is 11.6 Å². The van der Waals surface area contributed by atoms with E-state index in [9.17, 15) is 9.59 Å². The van der Waals surface area contributed by atoms with Crippen LogP contribution < -0.4 is 10.6 Å². The molecule has 0 bridgehead atoms. The molecule has 0 aliphatic rings. The van der Waals surface area contributed by atoms with Crippen molar-refractivity contribution in [1.29, 1.82) is 0 Å². The fourth-order valence-electron chi connectivity index (χ4n) is 0.874. The molecule has 2 amide bonds. The lowest BCUT2D eigenvalue weighted by atomic mass is 10.1. The maximum absolute atomic E-state index is 11.3. The SMILES string of the molecule is CC(CCl)C(=O)NCC(=O)NC(C)(C)C. The average Bonchev–Trinajstić information content (AvgIpc) is 2.10. The van der Waals surface area contributed by atoms with Crippen LogP contribution in [0.3, 0.4) is 0 Å². The molecule has 0 saturated carbocycles. The first kappa shape index (κ1) is 14.2. The summed E-state index contributed by atoms with van der Waals surface area (Å²) in [5.41, 5.74) is -0.278. The first-order chi connectivity index (χ1) is 6.76. The van der Waals surface area contributed by atoms with Crippen molar-refractivity contribution in [3.63, 3.8) is 0 Å². The van der Waals surface area contributed by atoms with Crippen LogP contribution in [-0.4, -0.2) is 29.8 Å². The highest BCUT2D eigenvalue weighted by Crippen LogP contribution is 1.98. The maximum atomic E-state index is 11.3. The monoisotopic (exact) mass is 234 g/mol. The summed E-state index contributed by atoms with van der Waals surface area (Å²) in [6, 6.07) is 0. The molecule has 0 spiro atoms. The van der Waals surface area contributed by atoms with Crippen LogP contribution in [0.2, 0.25) is 0 Å². The van der Waals surface area contributed by atoms with Gasteiger partial charge >= 0.3 is 0 Å². The van der Waals surface area contributed by atoms with E-state index < -0.39 is 0 Å². The summed E-state index contributed by atoms with van der Waals surface area (Å²) < 4.78 is 0. The Morgan fingerprint density at radius 1 is 1.33 bits per heavy atom. The van der Waals surface area contributed by atoms with Crippen LogP contribution in [0, 0.1) is 5.92 Å². The second-order valence-corrected chi connectivity index (χ2v) is 4.88. The van der Waals surface area contributed by atoms with E-state index in [1.807, 2.05) is 20.8 Å². The number of hydrogen-bond acceptors (Lipinski definition) is 2. The zero-order valence-corrected chi connectivity index (χ0v) is 10.4. The van der Waals surface area contributed by atoms with E-state index in [2.05, 4.69) is 10.6 Å². The quantitative estimate of drug-likeness (QED) is 0.710. The number of amides is 2. The molecule has 0 saturated heterocycles. The zero-order chi connectivity index (χ0) is 12.1. The Morgan fingerprint density at radius 3 is 2.27 bits per heavy atom. The van der Waals surface area contributed by atoms with Gasteiger partial charge in [-0.25, -0.2) is 0 Å². The number of alkyl halides is 1. The van der Waals surface area contributed by atoms with Crippen molar-refractivity contribution in [2.75, 3.05) is 12.4 Å². The minimum Gasteiger partial charge on any atom is -0.350 e. The van der Waals surface area contributed by atoms with Gasteiger partial charge in [0.25, 0.3) is 0 Å². The van der Waals surface area contributed by atoms with Gasteiger partial charge in [-0.2, -0.15) is 0 Å². The molecule has 0 radical (unpaired) electrons. The summed E-state index contributed by atoms with van der Waals surface area (Å²) in [5.74, 6) is -0.409. The summed E-state index contributed by atoms with van der Waals surface area (Å²) >= 11 is 5.51. The van der Waals surface area contributed by atoms with Gasteiger partial charge in [0, 0.05) is 17.3 Å². The Balaban J connectivity index is 3.87. The van der Waals surface area contributed by atoms with E-state index in [1.165, 1.54) is 0 Å². The molecule has 1 atom stereocenters. The van der Waals surface area contributed by atoms with E-state index in [0.29, 0.717) is 0 Å². The maximum Gasteiger partial charge on any atom is 0.239 e. The van der Waals surface area contributed by atoms with Crippen LogP contribution in [0.5, 0.6) is 0 Å². The highest BCUT2D eigenvalue weighted by molar-refractivity contribution is 6.19. The lowest BCUT2D eigenvalue weighted by molar-refractivity contribution is -0.128. The minimum absolute atomic E-state index is 0.00265. The highest BCUT2D eigenvalue weighted by atomic mass is 35.5. The van der Waals surface area contributed by atoms with Gasteiger partial charge in [0.2, 0.25) is 11.8 Å². The molecule has 0 aliphatic carbocycles. The number of rotatable bonds is 4. The Hall–Kier alpha value is -0.770. The van der Waals surface area contributed by atoms with Crippen LogP contribution in [-0.2, 0) is 9.59 Å². The van der Waals surface area contributed by atoms with E-state index in [4.69, 9.17) is 11.6 Å². The molecule has 0 aromatic rings. The molecule has 5 heteroatoms. The van der Waals surface area contributed by atoms with Crippen molar-refractivity contribution < 1.29 is 9.59 Å². The van der Waals surface area contributed by atoms with Gasteiger partial charge in [0.05, 0.1) is 6.54 Å². The first-order valence-electron chi connectivity index (χ1n) is 4.91. The summed E-state index contributed by atoms with van der Waals surface area (Å²) in [6.07, 6.45) is 0. The molecule has 0 fully saturated rings. The fourth-order valence-corrected chi connectivity index (χ4v) is 1.01. The van der Waals surface area contributed by atoms with E-state index in [1.54, 1.807) is 6.92 Å². The van der Waals surface area contributed by atoms with Crippen LogP contribution >= 0.6 is 11.6 Å². The third kappa shape index (κ3) is 7.19. The Labute approximate surface area is 95.7 Å². The number of halogens is 1. The lowest BCUT2D eigenvalue weighted by Crippen LogP contribution is -2.46.